The van der Waals surface area contributed by atoms with Crippen molar-refractivity contribution in [3.8, 4) is 5.95 Å². The fourth-order valence-electron chi connectivity index (χ4n) is 1.88. The van der Waals surface area contributed by atoms with Crippen LogP contribution in [0, 0.1) is 11.6 Å². The van der Waals surface area contributed by atoms with Crippen LogP contribution < -0.4 is 0 Å². The molecule has 0 bridgehead atoms. The normalized spacial score (nSPS) is 11.3. The molecule has 0 atom stereocenters. The molecule has 2 heterocycles. The van der Waals surface area contributed by atoms with Crippen molar-refractivity contribution in [2.75, 3.05) is 0 Å². The van der Waals surface area contributed by atoms with Crippen molar-refractivity contribution in [3.05, 3.63) is 40.2 Å². The second-order valence-electron chi connectivity index (χ2n) is 3.93. The molecule has 0 unspecified atom stereocenters. The van der Waals surface area contributed by atoms with Gasteiger partial charge in [0, 0.05) is 12.1 Å². The topological polar surface area (TPSA) is 56.5 Å². The van der Waals surface area contributed by atoms with Crippen molar-refractivity contribution in [1.82, 2.24) is 24.5 Å². The number of nitrogens with zero attached hydrogens (tertiary/aromatic N) is 5. The van der Waals surface area contributed by atoms with Gasteiger partial charge in [-0.25, -0.2) is 18.2 Å². The van der Waals surface area contributed by atoms with E-state index in [0.717, 1.165) is 10.6 Å². The predicted octanol–water partition coefficient (Wildman–Crippen LogP) is 3.27. The first kappa shape index (κ1) is 14.0. The highest BCUT2D eigenvalue weighted by Gasteiger charge is 2.19. The zero-order valence-electron chi connectivity index (χ0n) is 9.99. The molecule has 0 aliphatic rings. The van der Waals surface area contributed by atoms with Gasteiger partial charge in [0.15, 0.2) is 5.82 Å². The molecule has 2 aromatic heterocycles. The summed E-state index contributed by atoms with van der Waals surface area (Å²) in [5, 5.41) is -0.484. The standard InChI is InChI=1S/C11H4Cl2F3N5/c12-9-18-10(13)20-11(19-9)21-6-2-4(15)1-5(16)8(6)17-7(21)3-14/h1-2H,3H2. The van der Waals surface area contributed by atoms with Crippen molar-refractivity contribution < 1.29 is 13.2 Å². The first-order valence-corrected chi connectivity index (χ1v) is 6.25. The van der Waals surface area contributed by atoms with Gasteiger partial charge in [-0.2, -0.15) is 15.0 Å². The van der Waals surface area contributed by atoms with Gasteiger partial charge in [-0.05, 0) is 23.2 Å². The molecule has 5 nitrogen and oxygen atoms in total. The number of benzene rings is 1. The monoisotopic (exact) mass is 333 g/mol. The molecular formula is C11H4Cl2F3N5. The second kappa shape index (κ2) is 5.12. The summed E-state index contributed by atoms with van der Waals surface area (Å²) < 4.78 is 41.2. The second-order valence-corrected chi connectivity index (χ2v) is 4.60. The number of alkyl halides is 1. The van der Waals surface area contributed by atoms with Crippen molar-refractivity contribution in [3.63, 3.8) is 0 Å². The molecule has 0 amide bonds. The third-order valence-corrected chi connectivity index (χ3v) is 2.97. The van der Waals surface area contributed by atoms with Gasteiger partial charge >= 0.3 is 0 Å². The summed E-state index contributed by atoms with van der Waals surface area (Å²) in [6, 6.07) is 1.63. The van der Waals surface area contributed by atoms with Gasteiger partial charge in [0.1, 0.15) is 23.8 Å². The van der Waals surface area contributed by atoms with E-state index in [1.807, 2.05) is 0 Å². The Balaban J connectivity index is 2.39. The summed E-state index contributed by atoms with van der Waals surface area (Å²) in [6.45, 7) is -1.04. The quantitative estimate of drug-likeness (QED) is 0.722. The Morgan fingerprint density at radius 1 is 1.00 bits per heavy atom. The molecule has 10 heteroatoms. The maximum absolute atomic E-state index is 13.7. The van der Waals surface area contributed by atoms with Crippen LogP contribution in [0.2, 0.25) is 10.6 Å². The fraction of sp³-hybridized carbons (Fsp3) is 0.0909. The molecule has 3 rings (SSSR count). The Bertz CT molecular complexity index is 831. The van der Waals surface area contributed by atoms with Crippen LogP contribution in [0.5, 0.6) is 0 Å². The Labute approximate surface area is 125 Å². The van der Waals surface area contributed by atoms with Gasteiger partial charge < -0.3 is 0 Å². The van der Waals surface area contributed by atoms with Crippen LogP contribution in [0.25, 0.3) is 17.0 Å². The third kappa shape index (κ3) is 2.40. The zero-order valence-corrected chi connectivity index (χ0v) is 11.5. The maximum Gasteiger partial charge on any atom is 0.241 e. The van der Waals surface area contributed by atoms with Crippen LogP contribution in [0.15, 0.2) is 12.1 Å². The maximum atomic E-state index is 13.7. The molecule has 0 fully saturated rings. The lowest BCUT2D eigenvalue weighted by molar-refractivity contribution is 0.461. The number of imidazole rings is 1. The Hall–Kier alpha value is -1.93. The first-order valence-electron chi connectivity index (χ1n) is 5.49. The number of halogens is 5. The summed E-state index contributed by atoms with van der Waals surface area (Å²) in [5.41, 5.74) is -0.254. The van der Waals surface area contributed by atoms with Crippen LogP contribution in [-0.2, 0) is 6.67 Å². The molecule has 0 aliphatic carbocycles. The van der Waals surface area contributed by atoms with E-state index >= 15 is 0 Å². The first-order chi connectivity index (χ1) is 9.99. The summed E-state index contributed by atoms with van der Waals surface area (Å²) in [5.74, 6) is -2.17. The smallest absolute Gasteiger partial charge is 0.241 e. The van der Waals surface area contributed by atoms with Gasteiger partial charge in [0.25, 0.3) is 0 Å². The highest BCUT2D eigenvalue weighted by Crippen LogP contribution is 2.24. The van der Waals surface area contributed by atoms with E-state index in [1.165, 1.54) is 0 Å². The van der Waals surface area contributed by atoms with Crippen LogP contribution in [0.1, 0.15) is 5.82 Å². The van der Waals surface area contributed by atoms with E-state index in [9.17, 15) is 13.2 Å². The van der Waals surface area contributed by atoms with E-state index in [1.54, 1.807) is 0 Å². The van der Waals surface area contributed by atoms with Gasteiger partial charge in [-0.3, -0.25) is 4.57 Å². The van der Waals surface area contributed by atoms with Gasteiger partial charge in [-0.1, -0.05) is 0 Å². The molecule has 0 radical (unpaired) electrons. The minimum Gasteiger partial charge on any atom is -0.262 e. The lowest BCUT2D eigenvalue weighted by Gasteiger charge is -2.05. The summed E-state index contributed by atoms with van der Waals surface area (Å²) in [4.78, 5) is 14.8. The van der Waals surface area contributed by atoms with Crippen molar-refractivity contribution >= 4 is 34.2 Å². The lowest BCUT2D eigenvalue weighted by atomic mass is 10.3. The number of hydrogen-bond donors (Lipinski definition) is 0. The molecule has 21 heavy (non-hydrogen) atoms. The van der Waals surface area contributed by atoms with Crippen LogP contribution in [0.3, 0.4) is 0 Å². The number of fused-ring (bicyclic) bond motifs is 1. The Morgan fingerprint density at radius 3 is 2.29 bits per heavy atom. The van der Waals surface area contributed by atoms with E-state index < -0.39 is 18.3 Å². The average molecular weight is 334 g/mol. The molecule has 1 aromatic carbocycles. The molecular weight excluding hydrogens is 330 g/mol. The van der Waals surface area contributed by atoms with Crippen LogP contribution >= 0.6 is 23.2 Å². The minimum absolute atomic E-state index is 0.0431. The molecule has 0 saturated heterocycles. The predicted molar refractivity (Wildman–Crippen MR) is 69.2 cm³/mol. The lowest BCUT2D eigenvalue weighted by Crippen LogP contribution is -2.06. The number of aromatic nitrogens is 5. The highest BCUT2D eigenvalue weighted by atomic mass is 35.5. The van der Waals surface area contributed by atoms with Crippen molar-refractivity contribution in [1.29, 1.82) is 0 Å². The van der Waals surface area contributed by atoms with Crippen molar-refractivity contribution in [2.24, 2.45) is 0 Å². The van der Waals surface area contributed by atoms with Crippen LogP contribution in [0.4, 0.5) is 13.2 Å². The largest absolute Gasteiger partial charge is 0.262 e. The van der Waals surface area contributed by atoms with Gasteiger partial charge in [-0.15, -0.1) is 0 Å². The van der Waals surface area contributed by atoms with E-state index in [2.05, 4.69) is 19.9 Å². The summed E-state index contributed by atoms with van der Waals surface area (Å²) in [7, 11) is 0. The Kier molecular flexibility index (Phi) is 3.42. The van der Waals surface area contributed by atoms with E-state index in [-0.39, 0.29) is 33.4 Å². The van der Waals surface area contributed by atoms with E-state index in [0.29, 0.717) is 6.07 Å². The van der Waals surface area contributed by atoms with E-state index in [4.69, 9.17) is 23.2 Å². The molecule has 0 aliphatic heterocycles. The summed E-state index contributed by atoms with van der Waals surface area (Å²) in [6.07, 6.45) is 0. The molecule has 3 aromatic rings. The number of rotatable bonds is 2. The Morgan fingerprint density at radius 2 is 1.67 bits per heavy atom. The van der Waals surface area contributed by atoms with Crippen molar-refractivity contribution in [2.45, 2.75) is 6.67 Å². The van der Waals surface area contributed by atoms with Gasteiger partial charge in [0.2, 0.25) is 16.5 Å². The number of hydrogen-bond acceptors (Lipinski definition) is 4. The zero-order chi connectivity index (χ0) is 15.1. The molecule has 0 spiro atoms. The van der Waals surface area contributed by atoms with Crippen LogP contribution in [-0.4, -0.2) is 24.5 Å². The molecule has 108 valence electrons. The average Bonchev–Trinajstić information content (AvgIpc) is 2.76. The SMILES string of the molecule is FCc1nc2c(F)cc(F)cc2n1-c1nc(Cl)nc(Cl)n1. The minimum atomic E-state index is -1.04. The molecule has 0 N–H and O–H groups in total. The molecule has 0 saturated carbocycles. The fourth-order valence-corrected chi connectivity index (χ4v) is 2.24. The van der Waals surface area contributed by atoms with Gasteiger partial charge in [0.05, 0.1) is 5.52 Å². The summed E-state index contributed by atoms with van der Waals surface area (Å²) >= 11 is 11.3. The third-order valence-electron chi connectivity index (χ3n) is 2.64. The highest BCUT2D eigenvalue weighted by molar-refractivity contribution is 6.31.